The Morgan fingerprint density at radius 1 is 1.20 bits per heavy atom. The third-order valence-electron chi connectivity index (χ3n) is 3.43. The molecule has 132 valence electrons. The molecule has 0 saturated heterocycles. The van der Waals surface area contributed by atoms with E-state index in [1.165, 1.54) is 0 Å². The molecule has 0 saturated carbocycles. The SMILES string of the molecule is Cc1ccc2oc(C(=O)O[C@@H](C(=O)NC(N)=O)C(C)C)cc(=O)c2c1. The number of imide groups is 1. The molecule has 0 aliphatic heterocycles. The highest BCUT2D eigenvalue weighted by molar-refractivity contribution is 5.98. The van der Waals surface area contributed by atoms with Gasteiger partial charge in [0.25, 0.3) is 5.91 Å². The largest absolute Gasteiger partial charge is 0.449 e. The van der Waals surface area contributed by atoms with Crippen molar-refractivity contribution < 1.29 is 23.5 Å². The first kappa shape index (κ1) is 18.2. The number of urea groups is 1. The van der Waals surface area contributed by atoms with Crippen LogP contribution in [-0.4, -0.2) is 24.0 Å². The van der Waals surface area contributed by atoms with Crippen molar-refractivity contribution in [1.82, 2.24) is 5.32 Å². The Hall–Kier alpha value is -3.16. The normalized spacial score (nSPS) is 12.0. The number of aryl methyl sites for hydroxylation is 1. The molecule has 0 fully saturated rings. The van der Waals surface area contributed by atoms with Gasteiger partial charge >= 0.3 is 12.0 Å². The summed E-state index contributed by atoms with van der Waals surface area (Å²) in [6.07, 6.45) is -1.26. The number of fused-ring (bicyclic) bond motifs is 1. The number of hydrogen-bond donors (Lipinski definition) is 2. The Morgan fingerprint density at radius 3 is 2.48 bits per heavy atom. The van der Waals surface area contributed by atoms with E-state index < -0.39 is 35.4 Å². The summed E-state index contributed by atoms with van der Waals surface area (Å²) in [4.78, 5) is 47.1. The second-order valence-electron chi connectivity index (χ2n) is 5.90. The molecule has 0 aliphatic carbocycles. The third-order valence-corrected chi connectivity index (χ3v) is 3.43. The van der Waals surface area contributed by atoms with Gasteiger partial charge in [-0.15, -0.1) is 0 Å². The zero-order valence-corrected chi connectivity index (χ0v) is 14.0. The minimum absolute atomic E-state index is 0.229. The lowest BCUT2D eigenvalue weighted by Crippen LogP contribution is -2.45. The van der Waals surface area contributed by atoms with Crippen LogP contribution in [0.1, 0.15) is 30.0 Å². The summed E-state index contributed by atoms with van der Waals surface area (Å²) in [5, 5.41) is 2.20. The van der Waals surface area contributed by atoms with Gasteiger partial charge < -0.3 is 14.9 Å². The molecule has 1 atom stereocenters. The molecule has 0 bridgehead atoms. The smallest absolute Gasteiger partial charge is 0.375 e. The number of rotatable bonds is 4. The molecule has 8 heteroatoms. The van der Waals surface area contributed by atoms with Gasteiger partial charge in [-0.3, -0.25) is 14.9 Å². The number of nitrogens with two attached hydrogens (primary N) is 1. The highest BCUT2D eigenvalue weighted by Crippen LogP contribution is 2.16. The van der Waals surface area contributed by atoms with E-state index in [1.807, 2.05) is 12.2 Å². The van der Waals surface area contributed by atoms with Crippen LogP contribution in [0, 0.1) is 12.8 Å². The van der Waals surface area contributed by atoms with Gasteiger partial charge in [0, 0.05) is 6.07 Å². The summed E-state index contributed by atoms with van der Waals surface area (Å²) < 4.78 is 10.5. The minimum Gasteiger partial charge on any atom is -0.449 e. The molecule has 25 heavy (non-hydrogen) atoms. The number of benzene rings is 1. The van der Waals surface area contributed by atoms with Crippen molar-refractivity contribution in [3.63, 3.8) is 0 Å². The van der Waals surface area contributed by atoms with Gasteiger partial charge in [-0.2, -0.15) is 0 Å². The molecule has 0 radical (unpaired) electrons. The average molecular weight is 346 g/mol. The van der Waals surface area contributed by atoms with E-state index in [1.54, 1.807) is 32.0 Å². The topological polar surface area (TPSA) is 129 Å². The van der Waals surface area contributed by atoms with Crippen LogP contribution < -0.4 is 16.5 Å². The molecule has 1 heterocycles. The standard InChI is InChI=1S/C17H18N2O6/c1-8(2)14(15(21)19-17(18)23)25-16(22)13-7-11(20)10-6-9(3)4-5-12(10)24-13/h4-8,14H,1-3H3,(H3,18,19,21,23)/t14-/m1/s1. The van der Waals surface area contributed by atoms with Gasteiger partial charge in [0.1, 0.15) is 5.58 Å². The van der Waals surface area contributed by atoms with E-state index in [0.717, 1.165) is 11.6 Å². The first-order valence-electron chi connectivity index (χ1n) is 7.55. The minimum atomic E-state index is -1.26. The fraction of sp³-hybridized carbons (Fsp3) is 0.294. The maximum Gasteiger partial charge on any atom is 0.375 e. The molecular formula is C17H18N2O6. The fourth-order valence-corrected chi connectivity index (χ4v) is 2.23. The van der Waals surface area contributed by atoms with Crippen molar-refractivity contribution in [2.45, 2.75) is 26.9 Å². The molecule has 2 rings (SSSR count). The number of esters is 1. The van der Waals surface area contributed by atoms with E-state index in [0.29, 0.717) is 5.39 Å². The molecule has 0 spiro atoms. The third kappa shape index (κ3) is 4.23. The Bertz CT molecular complexity index is 900. The number of amides is 3. The van der Waals surface area contributed by atoms with Gasteiger partial charge in [-0.25, -0.2) is 9.59 Å². The van der Waals surface area contributed by atoms with Gasteiger partial charge in [0.15, 0.2) is 11.5 Å². The maximum absolute atomic E-state index is 12.3. The Kier molecular flexibility index (Phi) is 5.21. The highest BCUT2D eigenvalue weighted by Gasteiger charge is 2.29. The van der Waals surface area contributed by atoms with E-state index in [4.69, 9.17) is 14.9 Å². The maximum atomic E-state index is 12.3. The summed E-state index contributed by atoms with van der Waals surface area (Å²) in [7, 11) is 0. The quantitative estimate of drug-likeness (QED) is 0.807. The molecule has 1 aromatic heterocycles. The summed E-state index contributed by atoms with van der Waals surface area (Å²) >= 11 is 0. The molecule has 3 amide bonds. The van der Waals surface area contributed by atoms with Gasteiger partial charge in [0.05, 0.1) is 5.39 Å². The van der Waals surface area contributed by atoms with Crippen molar-refractivity contribution in [1.29, 1.82) is 0 Å². The molecule has 2 aromatic rings. The van der Waals surface area contributed by atoms with Crippen LogP contribution in [0.3, 0.4) is 0 Å². The zero-order chi connectivity index (χ0) is 18.7. The summed E-state index contributed by atoms with van der Waals surface area (Å²) in [6.45, 7) is 5.07. The second kappa shape index (κ2) is 7.16. The number of primary amides is 1. The van der Waals surface area contributed by atoms with Crippen LogP contribution in [0.4, 0.5) is 4.79 Å². The number of nitrogens with one attached hydrogen (secondary N) is 1. The van der Waals surface area contributed by atoms with Crippen molar-refractivity contribution in [3.8, 4) is 0 Å². The van der Waals surface area contributed by atoms with Gasteiger partial charge in [0.2, 0.25) is 5.76 Å². The van der Waals surface area contributed by atoms with Crippen LogP contribution in [-0.2, 0) is 9.53 Å². The van der Waals surface area contributed by atoms with E-state index in [2.05, 4.69) is 0 Å². The number of carbonyl (C=O) groups is 3. The first-order valence-corrected chi connectivity index (χ1v) is 7.55. The fourth-order valence-electron chi connectivity index (χ4n) is 2.23. The van der Waals surface area contributed by atoms with Gasteiger partial charge in [-0.05, 0) is 25.0 Å². The number of carbonyl (C=O) groups excluding carboxylic acids is 3. The lowest BCUT2D eigenvalue weighted by atomic mass is 10.1. The second-order valence-corrected chi connectivity index (χ2v) is 5.90. The Labute approximate surface area is 142 Å². The predicted molar refractivity (Wildman–Crippen MR) is 89.0 cm³/mol. The van der Waals surface area contributed by atoms with Crippen molar-refractivity contribution in [2.75, 3.05) is 0 Å². The van der Waals surface area contributed by atoms with E-state index in [-0.39, 0.29) is 11.3 Å². The monoisotopic (exact) mass is 346 g/mol. The van der Waals surface area contributed by atoms with Gasteiger partial charge in [-0.1, -0.05) is 25.5 Å². The molecule has 8 nitrogen and oxygen atoms in total. The molecule has 3 N–H and O–H groups in total. The molecular weight excluding hydrogens is 328 g/mol. The summed E-state index contributed by atoms with van der Waals surface area (Å²) in [5.74, 6) is -2.61. The van der Waals surface area contributed by atoms with Crippen molar-refractivity contribution >= 4 is 28.9 Å². The van der Waals surface area contributed by atoms with Crippen LogP contribution in [0.2, 0.25) is 0 Å². The van der Waals surface area contributed by atoms with Crippen LogP contribution in [0.15, 0.2) is 33.5 Å². The lowest BCUT2D eigenvalue weighted by Gasteiger charge is -2.19. The predicted octanol–water partition coefficient (Wildman–Crippen LogP) is 1.48. The zero-order valence-electron chi connectivity index (χ0n) is 14.0. The van der Waals surface area contributed by atoms with E-state index >= 15 is 0 Å². The van der Waals surface area contributed by atoms with E-state index in [9.17, 15) is 19.2 Å². The molecule has 0 unspecified atom stereocenters. The van der Waals surface area contributed by atoms with Crippen molar-refractivity contribution in [3.05, 3.63) is 45.8 Å². The Balaban J connectivity index is 2.31. The average Bonchev–Trinajstić information content (AvgIpc) is 2.51. The molecule has 0 aliphatic rings. The van der Waals surface area contributed by atoms with Crippen LogP contribution in [0.5, 0.6) is 0 Å². The van der Waals surface area contributed by atoms with Crippen LogP contribution >= 0.6 is 0 Å². The lowest BCUT2D eigenvalue weighted by molar-refractivity contribution is -0.131. The number of ether oxygens (including phenoxy) is 1. The Morgan fingerprint density at radius 2 is 1.88 bits per heavy atom. The summed E-state index contributed by atoms with van der Waals surface area (Å²) in [5.41, 5.74) is 5.60. The first-order chi connectivity index (χ1) is 11.7. The summed E-state index contributed by atoms with van der Waals surface area (Å²) in [6, 6.07) is 4.90. The highest BCUT2D eigenvalue weighted by atomic mass is 16.6. The molecule has 1 aromatic carbocycles. The van der Waals surface area contributed by atoms with Crippen LogP contribution in [0.25, 0.3) is 11.0 Å². The number of hydrogen-bond acceptors (Lipinski definition) is 6. The van der Waals surface area contributed by atoms with Crippen molar-refractivity contribution in [2.24, 2.45) is 11.7 Å².